The van der Waals surface area contributed by atoms with Crippen LogP contribution in [0.4, 0.5) is 13.2 Å². The molecule has 0 spiro atoms. The molecule has 1 unspecified atom stereocenters. The second-order valence-electron chi connectivity index (χ2n) is 3.01. The Hall–Kier alpha value is -1.22. The van der Waals surface area contributed by atoms with Crippen molar-refractivity contribution in [2.75, 3.05) is 5.75 Å². The van der Waals surface area contributed by atoms with Crippen molar-refractivity contribution in [2.24, 2.45) is 4.36 Å². The van der Waals surface area contributed by atoms with E-state index in [2.05, 4.69) is 14.3 Å². The average Bonchev–Trinajstić information content (AvgIpc) is 2.28. The fourth-order valence-corrected chi connectivity index (χ4v) is 2.41. The number of alkyl halides is 3. The van der Waals surface area contributed by atoms with Gasteiger partial charge in [0, 0.05) is 18.1 Å². The maximum absolute atomic E-state index is 12.1. The smallest absolute Gasteiger partial charge is 0.261 e. The van der Waals surface area contributed by atoms with Crippen LogP contribution >= 0.6 is 11.6 Å². The molecule has 0 aromatic carbocycles. The zero-order valence-corrected chi connectivity index (χ0v) is 10.5. The van der Waals surface area contributed by atoms with E-state index < -0.39 is 21.8 Å². The molecule has 0 saturated heterocycles. The second kappa shape index (κ2) is 5.19. The van der Waals surface area contributed by atoms with Gasteiger partial charge >= 0.3 is 12.1 Å². The molecule has 1 aromatic rings. The first-order valence-electron chi connectivity index (χ1n) is 4.52. The Balaban J connectivity index is 3.30. The van der Waals surface area contributed by atoms with Gasteiger partial charge in [-0.05, 0) is 11.6 Å². The van der Waals surface area contributed by atoms with Crippen LogP contribution in [0.15, 0.2) is 21.7 Å². The van der Waals surface area contributed by atoms with Gasteiger partial charge in [-0.25, -0.2) is 14.2 Å². The summed E-state index contributed by atoms with van der Waals surface area (Å²) in [5, 5.41) is -0.154. The summed E-state index contributed by atoms with van der Waals surface area (Å²) in [5.41, 5.74) is 0. The van der Waals surface area contributed by atoms with Crippen LogP contribution in [0.3, 0.4) is 0 Å². The molecule has 1 aromatic heterocycles. The summed E-state index contributed by atoms with van der Waals surface area (Å²) in [6.07, 6.45) is -3.20. The van der Waals surface area contributed by atoms with Gasteiger partial charge < -0.3 is 0 Å². The third-order valence-electron chi connectivity index (χ3n) is 1.83. The van der Waals surface area contributed by atoms with E-state index in [0.717, 1.165) is 12.4 Å². The fraction of sp³-hybridized carbons (Fsp3) is 0.375. The Morgan fingerprint density at radius 3 is 2.33 bits per heavy atom. The Morgan fingerprint density at radius 1 is 1.44 bits per heavy atom. The first-order valence-corrected chi connectivity index (χ1v) is 6.59. The van der Waals surface area contributed by atoms with E-state index in [1.165, 1.54) is 6.92 Å². The first-order chi connectivity index (χ1) is 8.19. The topological polar surface area (TPSA) is 72.3 Å². The van der Waals surface area contributed by atoms with Crippen LogP contribution in [0.1, 0.15) is 6.92 Å². The molecule has 18 heavy (non-hydrogen) atoms. The summed E-state index contributed by atoms with van der Waals surface area (Å²) in [6.45, 7) is 1.34. The number of carbonyl (C=O) groups excluding carboxylic acids is 1. The number of hydrogen-bond acceptors (Lipinski definition) is 4. The average molecular weight is 302 g/mol. The summed E-state index contributed by atoms with van der Waals surface area (Å²) in [5.74, 6) is -2.68. The molecular weight excluding hydrogens is 295 g/mol. The lowest BCUT2D eigenvalue weighted by Gasteiger charge is -2.07. The molecule has 0 N–H and O–H groups in total. The summed E-state index contributed by atoms with van der Waals surface area (Å²) >= 11 is 5.39. The van der Waals surface area contributed by atoms with E-state index >= 15 is 0 Å². The Morgan fingerprint density at radius 2 is 1.94 bits per heavy atom. The molecule has 1 rings (SSSR count). The molecule has 1 atom stereocenters. The molecule has 0 bridgehead atoms. The number of nitrogens with zero attached hydrogens (tertiary/aromatic N) is 3. The molecule has 1 amide bonds. The van der Waals surface area contributed by atoms with E-state index in [-0.39, 0.29) is 15.9 Å². The molecule has 0 aliphatic rings. The van der Waals surface area contributed by atoms with Crippen molar-refractivity contribution in [3.05, 3.63) is 17.7 Å². The van der Waals surface area contributed by atoms with Gasteiger partial charge in [-0.2, -0.15) is 13.2 Å². The van der Waals surface area contributed by atoms with E-state index in [4.69, 9.17) is 11.6 Å². The number of rotatable bonds is 2. The van der Waals surface area contributed by atoms with Gasteiger partial charge in [0.25, 0.3) is 0 Å². The fourth-order valence-electron chi connectivity index (χ4n) is 0.935. The molecule has 0 aliphatic heterocycles. The predicted molar refractivity (Wildman–Crippen MR) is 57.5 cm³/mol. The number of hydrogen-bond donors (Lipinski definition) is 0. The van der Waals surface area contributed by atoms with E-state index in [9.17, 15) is 22.2 Å². The molecule has 1 heterocycles. The molecule has 100 valence electrons. The van der Waals surface area contributed by atoms with Crippen molar-refractivity contribution in [1.82, 2.24) is 9.97 Å². The molecule has 0 radical (unpaired) electrons. The van der Waals surface area contributed by atoms with Crippen LogP contribution in [0.25, 0.3) is 0 Å². The van der Waals surface area contributed by atoms with Crippen LogP contribution in [-0.2, 0) is 14.5 Å². The van der Waals surface area contributed by atoms with Crippen molar-refractivity contribution in [3.8, 4) is 0 Å². The Bertz CT molecular complexity index is 564. The molecule has 0 aliphatic carbocycles. The van der Waals surface area contributed by atoms with Crippen LogP contribution in [-0.4, -0.2) is 32.0 Å². The third-order valence-corrected chi connectivity index (χ3v) is 4.22. The van der Waals surface area contributed by atoms with Crippen molar-refractivity contribution >= 4 is 27.2 Å². The summed E-state index contributed by atoms with van der Waals surface area (Å²) in [7, 11) is -3.53. The Kier molecular flexibility index (Phi) is 4.28. The van der Waals surface area contributed by atoms with Crippen LogP contribution < -0.4 is 0 Å². The van der Waals surface area contributed by atoms with Crippen LogP contribution in [0.2, 0.25) is 5.28 Å². The SMILES string of the molecule is CCS(=O)(=NC(=O)C(F)(F)F)c1cnc(Cl)nc1. The minimum absolute atomic E-state index is 0.154. The number of carbonyl (C=O) groups is 1. The Labute approximate surface area is 106 Å². The number of aromatic nitrogens is 2. The maximum Gasteiger partial charge on any atom is 0.474 e. The number of amides is 1. The van der Waals surface area contributed by atoms with Gasteiger partial charge in [-0.15, -0.1) is 4.36 Å². The monoisotopic (exact) mass is 301 g/mol. The minimum atomic E-state index is -5.16. The van der Waals surface area contributed by atoms with E-state index in [1.54, 1.807) is 0 Å². The van der Waals surface area contributed by atoms with Crippen molar-refractivity contribution in [2.45, 2.75) is 18.0 Å². The first kappa shape index (κ1) is 14.8. The highest BCUT2D eigenvalue weighted by Crippen LogP contribution is 2.20. The predicted octanol–water partition coefficient (Wildman–Crippen LogP) is 2.07. The zero-order valence-electron chi connectivity index (χ0n) is 8.94. The summed E-state index contributed by atoms with van der Waals surface area (Å²) in [4.78, 5) is 17.5. The second-order valence-corrected chi connectivity index (χ2v) is 5.86. The normalized spacial score (nSPS) is 14.9. The highest BCUT2D eigenvalue weighted by molar-refractivity contribution is 7.93. The lowest BCUT2D eigenvalue weighted by molar-refractivity contribution is -0.169. The van der Waals surface area contributed by atoms with Gasteiger partial charge in [0.2, 0.25) is 5.28 Å². The van der Waals surface area contributed by atoms with Gasteiger partial charge in [-0.1, -0.05) is 6.92 Å². The highest BCUT2D eigenvalue weighted by atomic mass is 35.5. The van der Waals surface area contributed by atoms with E-state index in [0.29, 0.717) is 0 Å². The van der Waals surface area contributed by atoms with Crippen LogP contribution in [0, 0.1) is 0 Å². The largest absolute Gasteiger partial charge is 0.474 e. The molecule has 0 saturated carbocycles. The molecule has 5 nitrogen and oxygen atoms in total. The summed E-state index contributed by atoms with van der Waals surface area (Å²) < 4.78 is 51.1. The highest BCUT2D eigenvalue weighted by Gasteiger charge is 2.40. The summed E-state index contributed by atoms with van der Waals surface area (Å²) in [6, 6.07) is 0. The van der Waals surface area contributed by atoms with Crippen molar-refractivity contribution in [1.29, 1.82) is 0 Å². The molecule has 10 heteroatoms. The van der Waals surface area contributed by atoms with Crippen LogP contribution in [0.5, 0.6) is 0 Å². The zero-order chi connectivity index (χ0) is 14.0. The van der Waals surface area contributed by atoms with Crippen molar-refractivity contribution in [3.63, 3.8) is 0 Å². The van der Waals surface area contributed by atoms with Gasteiger partial charge in [0.05, 0.1) is 14.6 Å². The minimum Gasteiger partial charge on any atom is -0.261 e. The quantitative estimate of drug-likeness (QED) is 0.784. The standard InChI is InChI=1S/C8H7ClF3N3O2S/c1-2-18(17,15-6(16)8(10,11)12)5-3-13-7(9)14-4-5/h3-4H,2H2,1H3. The molecule has 0 fully saturated rings. The van der Waals surface area contributed by atoms with Gasteiger partial charge in [0.1, 0.15) is 0 Å². The van der Waals surface area contributed by atoms with Crippen molar-refractivity contribution < 1.29 is 22.2 Å². The molecular formula is C8H7ClF3N3O2S. The van der Waals surface area contributed by atoms with E-state index in [1.807, 2.05) is 0 Å². The van der Waals surface area contributed by atoms with Gasteiger partial charge in [0.15, 0.2) is 0 Å². The lowest BCUT2D eigenvalue weighted by Crippen LogP contribution is -2.22. The third kappa shape index (κ3) is 3.39. The lowest BCUT2D eigenvalue weighted by atomic mass is 10.6. The maximum atomic E-state index is 12.1. The number of halogens is 4. The van der Waals surface area contributed by atoms with Gasteiger partial charge in [-0.3, -0.25) is 4.79 Å².